The SMILES string of the molecule is O=C1C(=O)N(c2nc3ccc(Cl)cc3s2)C(c2cccc([N+](=O)[O-])c2)/C1=C(\O)c1ccccc1. The number of nitrogens with zero attached hydrogens (tertiary/aromatic N) is 3. The summed E-state index contributed by atoms with van der Waals surface area (Å²) in [5, 5.41) is 23.2. The lowest BCUT2D eigenvalue weighted by Gasteiger charge is -2.22. The van der Waals surface area contributed by atoms with Crippen LogP contribution in [0, 0.1) is 10.1 Å². The molecule has 0 radical (unpaired) electrons. The first-order valence-electron chi connectivity index (χ1n) is 10.0. The van der Waals surface area contributed by atoms with Gasteiger partial charge in [0.1, 0.15) is 5.76 Å². The molecule has 1 aliphatic rings. The Morgan fingerprint density at radius 1 is 1.06 bits per heavy atom. The van der Waals surface area contributed by atoms with Gasteiger partial charge in [-0.25, -0.2) is 4.98 Å². The van der Waals surface area contributed by atoms with E-state index >= 15 is 0 Å². The molecule has 34 heavy (non-hydrogen) atoms. The molecule has 2 heterocycles. The Kier molecular flexibility index (Phi) is 5.35. The molecule has 4 aromatic rings. The molecule has 1 saturated heterocycles. The highest BCUT2D eigenvalue weighted by Gasteiger charge is 2.48. The number of anilines is 1. The third kappa shape index (κ3) is 3.60. The zero-order chi connectivity index (χ0) is 24.0. The van der Waals surface area contributed by atoms with Gasteiger partial charge in [-0.15, -0.1) is 0 Å². The van der Waals surface area contributed by atoms with Gasteiger partial charge in [0.25, 0.3) is 11.5 Å². The van der Waals surface area contributed by atoms with E-state index in [0.29, 0.717) is 26.4 Å². The molecule has 0 saturated carbocycles. The average molecular weight is 492 g/mol. The monoisotopic (exact) mass is 491 g/mol. The van der Waals surface area contributed by atoms with E-state index < -0.39 is 22.7 Å². The molecule has 10 heteroatoms. The first-order valence-corrected chi connectivity index (χ1v) is 11.2. The number of hydrogen-bond acceptors (Lipinski definition) is 7. The average Bonchev–Trinajstić information content (AvgIpc) is 3.37. The number of amides is 1. The van der Waals surface area contributed by atoms with Crippen molar-refractivity contribution in [3.8, 4) is 0 Å². The number of benzene rings is 3. The van der Waals surface area contributed by atoms with Crippen LogP contribution in [0.15, 0.2) is 78.4 Å². The normalized spacial score (nSPS) is 17.4. The Hall–Kier alpha value is -4.08. The largest absolute Gasteiger partial charge is 0.507 e. The van der Waals surface area contributed by atoms with Crippen LogP contribution in [0.2, 0.25) is 5.02 Å². The van der Waals surface area contributed by atoms with Crippen LogP contribution in [0.3, 0.4) is 0 Å². The summed E-state index contributed by atoms with van der Waals surface area (Å²) in [5.74, 6) is -2.17. The number of nitro groups is 1. The Bertz CT molecular complexity index is 1520. The number of carbonyl (C=O) groups is 2. The number of aliphatic hydroxyl groups is 1. The molecule has 1 amide bonds. The zero-order valence-electron chi connectivity index (χ0n) is 17.2. The van der Waals surface area contributed by atoms with Crippen LogP contribution in [-0.2, 0) is 9.59 Å². The number of fused-ring (bicyclic) bond motifs is 1. The van der Waals surface area contributed by atoms with Gasteiger partial charge in [-0.05, 0) is 23.8 Å². The Labute approximate surface area is 201 Å². The second-order valence-electron chi connectivity index (χ2n) is 7.50. The summed E-state index contributed by atoms with van der Waals surface area (Å²) >= 11 is 7.24. The summed E-state index contributed by atoms with van der Waals surface area (Å²) < 4.78 is 0.699. The molecular weight excluding hydrogens is 478 g/mol. The number of thiazole rings is 1. The second kappa shape index (κ2) is 8.36. The highest BCUT2D eigenvalue weighted by atomic mass is 35.5. The molecule has 168 valence electrons. The summed E-state index contributed by atoms with van der Waals surface area (Å²) in [6.45, 7) is 0. The van der Waals surface area contributed by atoms with Crippen LogP contribution in [0.5, 0.6) is 0 Å². The van der Waals surface area contributed by atoms with Gasteiger partial charge in [0.2, 0.25) is 0 Å². The van der Waals surface area contributed by atoms with E-state index in [2.05, 4.69) is 4.98 Å². The summed E-state index contributed by atoms with van der Waals surface area (Å²) in [5.41, 5.74) is 0.829. The lowest BCUT2D eigenvalue weighted by molar-refractivity contribution is -0.384. The summed E-state index contributed by atoms with van der Waals surface area (Å²) in [6.07, 6.45) is 0. The van der Waals surface area contributed by atoms with E-state index in [1.54, 1.807) is 54.6 Å². The molecule has 0 bridgehead atoms. The third-order valence-corrected chi connectivity index (χ3v) is 6.69. The number of nitro benzene ring substituents is 1. The van der Waals surface area contributed by atoms with Crippen molar-refractivity contribution in [3.05, 3.63) is 105 Å². The first kappa shape index (κ1) is 21.7. The van der Waals surface area contributed by atoms with Crippen molar-refractivity contribution in [2.75, 3.05) is 4.90 Å². The molecule has 1 fully saturated rings. The number of halogens is 1. The Balaban J connectivity index is 1.75. The molecule has 3 aromatic carbocycles. The van der Waals surface area contributed by atoms with E-state index in [4.69, 9.17) is 11.6 Å². The van der Waals surface area contributed by atoms with Gasteiger partial charge in [-0.3, -0.25) is 24.6 Å². The van der Waals surface area contributed by atoms with Crippen molar-refractivity contribution in [3.63, 3.8) is 0 Å². The number of non-ortho nitro benzene ring substituents is 1. The van der Waals surface area contributed by atoms with Crippen LogP contribution >= 0.6 is 22.9 Å². The summed E-state index contributed by atoms with van der Waals surface area (Å²) in [6, 6.07) is 17.9. The highest BCUT2D eigenvalue weighted by Crippen LogP contribution is 2.45. The molecule has 0 aliphatic carbocycles. The van der Waals surface area contributed by atoms with Crippen molar-refractivity contribution in [2.45, 2.75) is 6.04 Å². The quantitative estimate of drug-likeness (QED) is 0.133. The van der Waals surface area contributed by atoms with Gasteiger partial charge in [0.15, 0.2) is 5.13 Å². The maximum absolute atomic E-state index is 13.2. The number of aliphatic hydroxyl groups excluding tert-OH is 1. The zero-order valence-corrected chi connectivity index (χ0v) is 18.8. The Morgan fingerprint density at radius 2 is 1.82 bits per heavy atom. The van der Waals surface area contributed by atoms with Gasteiger partial charge in [-0.1, -0.05) is 65.4 Å². The highest BCUT2D eigenvalue weighted by molar-refractivity contribution is 7.22. The fourth-order valence-electron chi connectivity index (χ4n) is 3.89. The predicted octanol–water partition coefficient (Wildman–Crippen LogP) is 5.48. The van der Waals surface area contributed by atoms with E-state index in [9.17, 15) is 24.8 Å². The minimum Gasteiger partial charge on any atom is -0.507 e. The minimum absolute atomic E-state index is 0.172. The molecule has 1 N–H and O–H groups in total. The van der Waals surface area contributed by atoms with Gasteiger partial charge < -0.3 is 5.11 Å². The van der Waals surface area contributed by atoms with E-state index in [-0.39, 0.29) is 22.2 Å². The van der Waals surface area contributed by atoms with Crippen molar-refractivity contribution < 1.29 is 19.6 Å². The number of ketones is 1. The predicted molar refractivity (Wildman–Crippen MR) is 129 cm³/mol. The lowest BCUT2D eigenvalue weighted by Crippen LogP contribution is -2.29. The fraction of sp³-hybridized carbons (Fsp3) is 0.0417. The van der Waals surface area contributed by atoms with Crippen LogP contribution in [0.4, 0.5) is 10.8 Å². The smallest absolute Gasteiger partial charge is 0.301 e. The second-order valence-corrected chi connectivity index (χ2v) is 8.94. The maximum atomic E-state index is 13.2. The topological polar surface area (TPSA) is 114 Å². The van der Waals surface area contributed by atoms with Gasteiger partial charge in [0, 0.05) is 22.7 Å². The van der Waals surface area contributed by atoms with Crippen LogP contribution in [0.1, 0.15) is 17.2 Å². The van der Waals surface area contributed by atoms with E-state index in [1.807, 2.05) is 0 Å². The molecule has 1 aromatic heterocycles. The Morgan fingerprint density at radius 3 is 2.56 bits per heavy atom. The van der Waals surface area contributed by atoms with Gasteiger partial charge in [-0.2, -0.15) is 0 Å². The molecule has 0 spiro atoms. The van der Waals surface area contributed by atoms with Crippen molar-refractivity contribution in [1.82, 2.24) is 4.98 Å². The van der Waals surface area contributed by atoms with E-state index in [1.165, 1.54) is 23.1 Å². The van der Waals surface area contributed by atoms with Crippen molar-refractivity contribution >= 4 is 61.4 Å². The molecule has 1 unspecified atom stereocenters. The summed E-state index contributed by atoms with van der Waals surface area (Å²) in [4.78, 5) is 42.9. The molecule has 1 atom stereocenters. The van der Waals surface area contributed by atoms with Crippen LogP contribution in [-0.4, -0.2) is 26.7 Å². The standard InChI is InChI=1S/C24H14ClN3O5S/c25-15-9-10-17-18(12-15)34-24(26-17)27-20(14-7-4-8-16(11-14)28(32)33)19(22(30)23(27)31)21(29)13-5-2-1-3-6-13/h1-12,20,29H/b21-19+. The van der Waals surface area contributed by atoms with E-state index in [0.717, 1.165) is 11.3 Å². The lowest BCUT2D eigenvalue weighted by atomic mass is 9.95. The maximum Gasteiger partial charge on any atom is 0.301 e. The number of hydrogen-bond donors (Lipinski definition) is 1. The van der Waals surface area contributed by atoms with Gasteiger partial charge >= 0.3 is 5.91 Å². The molecule has 1 aliphatic heterocycles. The molecule has 5 rings (SSSR count). The number of aromatic nitrogens is 1. The first-order chi connectivity index (χ1) is 16.3. The van der Waals surface area contributed by atoms with Crippen molar-refractivity contribution in [2.24, 2.45) is 0 Å². The fourth-order valence-corrected chi connectivity index (χ4v) is 5.16. The molecule has 8 nitrogen and oxygen atoms in total. The van der Waals surface area contributed by atoms with Crippen molar-refractivity contribution in [1.29, 1.82) is 0 Å². The number of carbonyl (C=O) groups excluding carboxylic acids is 2. The number of Topliss-reactive ketones (excluding diaryl/α,β-unsaturated/α-hetero) is 1. The van der Waals surface area contributed by atoms with Crippen LogP contribution in [0.25, 0.3) is 16.0 Å². The number of rotatable bonds is 4. The van der Waals surface area contributed by atoms with Crippen LogP contribution < -0.4 is 4.90 Å². The molecular formula is C24H14ClN3O5S. The minimum atomic E-state index is -1.11. The van der Waals surface area contributed by atoms with Gasteiger partial charge in [0.05, 0.1) is 26.8 Å². The third-order valence-electron chi connectivity index (χ3n) is 5.43. The summed E-state index contributed by atoms with van der Waals surface area (Å²) in [7, 11) is 0.